The maximum Gasteiger partial charge on any atom is 0.338 e. The normalized spacial score (nSPS) is 9.93. The van der Waals surface area contributed by atoms with Crippen LogP contribution in [0, 0.1) is 11.3 Å². The molecule has 0 spiro atoms. The molecule has 0 unspecified atom stereocenters. The Labute approximate surface area is 167 Å². The molecule has 0 bridgehead atoms. The highest BCUT2D eigenvalue weighted by Crippen LogP contribution is 2.17. The lowest BCUT2D eigenvalue weighted by Crippen LogP contribution is -2.14. The van der Waals surface area contributed by atoms with E-state index in [1.807, 2.05) is 6.07 Å². The van der Waals surface area contributed by atoms with E-state index in [2.05, 4.69) is 20.6 Å². The number of nitrogens with one attached hydrogen (secondary N) is 2. The second-order valence-corrected chi connectivity index (χ2v) is 5.86. The van der Waals surface area contributed by atoms with Crippen LogP contribution in [0.4, 0.5) is 17.2 Å². The first kappa shape index (κ1) is 19.5. The van der Waals surface area contributed by atoms with Gasteiger partial charge in [0, 0.05) is 17.4 Å². The number of rotatable bonds is 6. The average Bonchev–Trinajstić information content (AvgIpc) is 2.75. The first-order chi connectivity index (χ1) is 14.1. The van der Waals surface area contributed by atoms with E-state index in [-0.39, 0.29) is 11.7 Å². The van der Waals surface area contributed by atoms with E-state index in [9.17, 15) is 9.59 Å². The monoisotopic (exact) mass is 387 g/mol. The Hall–Kier alpha value is -4.25. The largest absolute Gasteiger partial charge is 0.462 e. The minimum Gasteiger partial charge on any atom is -0.462 e. The van der Waals surface area contributed by atoms with Crippen LogP contribution in [0.5, 0.6) is 0 Å². The lowest BCUT2D eigenvalue weighted by atomic mass is 10.2. The summed E-state index contributed by atoms with van der Waals surface area (Å²) in [6, 6.07) is 16.8. The van der Waals surface area contributed by atoms with Crippen LogP contribution < -0.4 is 10.6 Å². The molecular weight excluding hydrogens is 370 g/mol. The van der Waals surface area contributed by atoms with E-state index in [0.29, 0.717) is 34.9 Å². The predicted molar refractivity (Wildman–Crippen MR) is 107 cm³/mol. The van der Waals surface area contributed by atoms with E-state index in [4.69, 9.17) is 10.00 Å². The summed E-state index contributed by atoms with van der Waals surface area (Å²) in [5, 5.41) is 14.7. The quantitative estimate of drug-likeness (QED) is 0.621. The molecule has 2 N–H and O–H groups in total. The summed E-state index contributed by atoms with van der Waals surface area (Å²) in [6.07, 6.45) is 1.27. The first-order valence-electron chi connectivity index (χ1n) is 8.77. The van der Waals surface area contributed by atoms with Crippen LogP contribution >= 0.6 is 0 Å². The molecule has 1 amide bonds. The molecule has 0 fully saturated rings. The van der Waals surface area contributed by atoms with Gasteiger partial charge in [-0.05, 0) is 49.4 Å². The zero-order chi connectivity index (χ0) is 20.6. The van der Waals surface area contributed by atoms with Gasteiger partial charge in [-0.1, -0.05) is 6.07 Å². The SMILES string of the molecule is CCOC(=O)c1ccc(Nc2cc(C(=O)Nc3cccc(C#N)c3)ncn2)cc1. The van der Waals surface area contributed by atoms with Gasteiger partial charge in [-0.2, -0.15) is 5.26 Å². The minimum absolute atomic E-state index is 0.160. The van der Waals surface area contributed by atoms with Crippen molar-refractivity contribution in [3.8, 4) is 6.07 Å². The molecule has 1 heterocycles. The molecule has 0 saturated carbocycles. The number of benzene rings is 2. The Morgan fingerprint density at radius 2 is 1.86 bits per heavy atom. The highest BCUT2D eigenvalue weighted by atomic mass is 16.5. The van der Waals surface area contributed by atoms with E-state index >= 15 is 0 Å². The van der Waals surface area contributed by atoms with Crippen LogP contribution in [0.1, 0.15) is 33.3 Å². The van der Waals surface area contributed by atoms with Gasteiger partial charge in [-0.15, -0.1) is 0 Å². The fraction of sp³-hybridized carbons (Fsp3) is 0.0952. The number of esters is 1. The van der Waals surface area contributed by atoms with Crippen molar-refractivity contribution in [3.05, 3.63) is 77.7 Å². The van der Waals surface area contributed by atoms with Gasteiger partial charge in [-0.3, -0.25) is 4.79 Å². The van der Waals surface area contributed by atoms with Crippen LogP contribution in [0.2, 0.25) is 0 Å². The topological polar surface area (TPSA) is 117 Å². The van der Waals surface area contributed by atoms with E-state index in [1.54, 1.807) is 55.5 Å². The van der Waals surface area contributed by atoms with E-state index in [1.165, 1.54) is 12.4 Å². The van der Waals surface area contributed by atoms with Crippen molar-refractivity contribution in [1.29, 1.82) is 5.26 Å². The Balaban J connectivity index is 1.69. The van der Waals surface area contributed by atoms with Gasteiger partial charge in [0.05, 0.1) is 23.8 Å². The zero-order valence-electron chi connectivity index (χ0n) is 15.5. The second-order valence-electron chi connectivity index (χ2n) is 5.86. The molecule has 29 heavy (non-hydrogen) atoms. The van der Waals surface area contributed by atoms with Crippen molar-refractivity contribution < 1.29 is 14.3 Å². The van der Waals surface area contributed by atoms with E-state index in [0.717, 1.165) is 0 Å². The van der Waals surface area contributed by atoms with Gasteiger partial charge < -0.3 is 15.4 Å². The lowest BCUT2D eigenvalue weighted by Gasteiger charge is -2.08. The van der Waals surface area contributed by atoms with Crippen molar-refractivity contribution in [2.75, 3.05) is 17.2 Å². The van der Waals surface area contributed by atoms with Gasteiger partial charge in [-0.25, -0.2) is 14.8 Å². The molecule has 3 aromatic rings. The van der Waals surface area contributed by atoms with Gasteiger partial charge >= 0.3 is 5.97 Å². The third-order valence-electron chi connectivity index (χ3n) is 3.82. The number of carbonyl (C=O) groups is 2. The smallest absolute Gasteiger partial charge is 0.338 e. The lowest BCUT2D eigenvalue weighted by molar-refractivity contribution is 0.0526. The number of ether oxygens (including phenoxy) is 1. The number of nitriles is 1. The van der Waals surface area contributed by atoms with Crippen LogP contribution in [0.15, 0.2) is 60.9 Å². The average molecular weight is 387 g/mol. The molecule has 0 aliphatic rings. The molecule has 8 heteroatoms. The highest BCUT2D eigenvalue weighted by Gasteiger charge is 2.10. The van der Waals surface area contributed by atoms with Gasteiger partial charge in [0.15, 0.2) is 0 Å². The van der Waals surface area contributed by atoms with Crippen LogP contribution in [-0.4, -0.2) is 28.5 Å². The molecule has 1 aromatic heterocycles. The van der Waals surface area contributed by atoms with Gasteiger partial charge in [0.2, 0.25) is 0 Å². The third-order valence-corrected chi connectivity index (χ3v) is 3.82. The second kappa shape index (κ2) is 9.10. The van der Waals surface area contributed by atoms with E-state index < -0.39 is 5.91 Å². The van der Waals surface area contributed by atoms with Gasteiger partial charge in [0.25, 0.3) is 5.91 Å². The molecule has 0 radical (unpaired) electrons. The molecule has 0 aliphatic heterocycles. The summed E-state index contributed by atoms with van der Waals surface area (Å²) in [5.74, 6) is -0.400. The standard InChI is InChI=1S/C21H17N5O3/c1-2-29-21(28)15-6-8-16(9-7-15)25-19-11-18(23-13-24-19)20(27)26-17-5-3-4-14(10-17)12-22/h3-11,13H,2H2,1H3,(H,26,27)(H,23,24,25). The summed E-state index contributed by atoms with van der Waals surface area (Å²) >= 11 is 0. The number of hydrogen-bond donors (Lipinski definition) is 2. The van der Waals surface area contributed by atoms with Crippen molar-refractivity contribution in [3.63, 3.8) is 0 Å². The number of aromatic nitrogens is 2. The molecule has 0 aliphatic carbocycles. The Bertz CT molecular complexity index is 1070. The van der Waals surface area contributed by atoms with Crippen molar-refractivity contribution in [1.82, 2.24) is 9.97 Å². The van der Waals surface area contributed by atoms with Crippen LogP contribution in [0.3, 0.4) is 0 Å². The summed E-state index contributed by atoms with van der Waals surface area (Å²) in [4.78, 5) is 32.2. The molecule has 0 saturated heterocycles. The molecule has 2 aromatic carbocycles. The third kappa shape index (κ3) is 5.14. The predicted octanol–water partition coefficient (Wildman–Crippen LogP) is 3.52. The maximum atomic E-state index is 12.4. The summed E-state index contributed by atoms with van der Waals surface area (Å²) in [6.45, 7) is 2.06. The first-order valence-corrected chi connectivity index (χ1v) is 8.77. The summed E-state index contributed by atoms with van der Waals surface area (Å²) in [7, 11) is 0. The number of amides is 1. The molecular formula is C21H17N5O3. The number of carbonyl (C=O) groups excluding carboxylic acids is 2. The fourth-order valence-electron chi connectivity index (χ4n) is 2.46. The van der Waals surface area contributed by atoms with Crippen LogP contribution in [0.25, 0.3) is 0 Å². The maximum absolute atomic E-state index is 12.4. The summed E-state index contributed by atoms with van der Waals surface area (Å²) < 4.78 is 4.95. The fourth-order valence-corrected chi connectivity index (χ4v) is 2.46. The van der Waals surface area contributed by atoms with Crippen molar-refractivity contribution in [2.24, 2.45) is 0 Å². The molecule has 8 nitrogen and oxygen atoms in total. The van der Waals surface area contributed by atoms with Crippen molar-refractivity contribution in [2.45, 2.75) is 6.92 Å². The number of anilines is 3. The van der Waals surface area contributed by atoms with Crippen LogP contribution in [-0.2, 0) is 4.74 Å². The zero-order valence-corrected chi connectivity index (χ0v) is 15.5. The van der Waals surface area contributed by atoms with Gasteiger partial charge in [0.1, 0.15) is 17.8 Å². The highest BCUT2D eigenvalue weighted by molar-refractivity contribution is 6.03. The Morgan fingerprint density at radius 1 is 1.07 bits per heavy atom. The molecule has 3 rings (SSSR count). The molecule has 0 atom stereocenters. The Kier molecular flexibility index (Phi) is 6.12. The summed E-state index contributed by atoms with van der Waals surface area (Å²) in [5.41, 5.74) is 2.23. The minimum atomic E-state index is -0.428. The number of nitrogens with zero attached hydrogens (tertiary/aromatic N) is 3. The Morgan fingerprint density at radius 3 is 2.59 bits per heavy atom. The number of hydrogen-bond acceptors (Lipinski definition) is 7. The van der Waals surface area contributed by atoms with Crippen molar-refractivity contribution >= 4 is 29.1 Å². The molecule has 144 valence electrons.